The standard InChI is InChI=1S/C14H17BrN2O/c1-8-4-9(2)13(12(15)5-8)17-14(18)10(3)11-6-16-7-11/h4-5,16H,6-7H2,1-3H3,(H,17,18). The molecule has 0 aliphatic carbocycles. The van der Waals surface area contributed by atoms with E-state index in [1.807, 2.05) is 26.8 Å². The van der Waals surface area contributed by atoms with Gasteiger partial charge in [0.2, 0.25) is 0 Å². The third kappa shape index (κ3) is 2.65. The van der Waals surface area contributed by atoms with Crippen LogP contribution in [0, 0.1) is 13.8 Å². The highest BCUT2D eigenvalue weighted by Gasteiger charge is 2.17. The Hall–Kier alpha value is -1.13. The zero-order chi connectivity index (χ0) is 13.3. The molecule has 0 aromatic heterocycles. The van der Waals surface area contributed by atoms with Crippen LogP contribution in [0.5, 0.6) is 0 Å². The Balaban J connectivity index is 2.22. The SMILES string of the molecule is CC(C(=O)Nc1c(C)cc(C)cc1Br)=C1CNC1. The first kappa shape index (κ1) is 13.3. The molecular weight excluding hydrogens is 292 g/mol. The van der Waals surface area contributed by atoms with E-state index in [-0.39, 0.29) is 5.91 Å². The monoisotopic (exact) mass is 308 g/mol. The van der Waals surface area contributed by atoms with Crippen molar-refractivity contribution in [3.8, 4) is 0 Å². The Morgan fingerprint density at radius 2 is 2.00 bits per heavy atom. The molecular formula is C14H17BrN2O. The minimum absolute atomic E-state index is 0.0147. The highest BCUT2D eigenvalue weighted by Crippen LogP contribution is 2.28. The van der Waals surface area contributed by atoms with Crippen LogP contribution < -0.4 is 10.6 Å². The second-order valence-electron chi connectivity index (χ2n) is 4.72. The maximum atomic E-state index is 12.1. The number of hydrogen-bond acceptors (Lipinski definition) is 2. The van der Waals surface area contributed by atoms with Gasteiger partial charge in [-0.15, -0.1) is 0 Å². The molecule has 0 radical (unpaired) electrons. The lowest BCUT2D eigenvalue weighted by molar-refractivity contribution is -0.112. The van der Waals surface area contributed by atoms with E-state index < -0.39 is 0 Å². The van der Waals surface area contributed by atoms with Gasteiger partial charge in [-0.05, 0) is 59.5 Å². The molecule has 1 heterocycles. The number of hydrogen-bond donors (Lipinski definition) is 2. The lowest BCUT2D eigenvalue weighted by Gasteiger charge is -2.22. The van der Waals surface area contributed by atoms with Gasteiger partial charge >= 0.3 is 0 Å². The summed E-state index contributed by atoms with van der Waals surface area (Å²) >= 11 is 3.50. The van der Waals surface area contributed by atoms with Crippen molar-refractivity contribution in [2.45, 2.75) is 20.8 Å². The molecule has 0 atom stereocenters. The van der Waals surface area contributed by atoms with Gasteiger partial charge in [-0.25, -0.2) is 0 Å². The van der Waals surface area contributed by atoms with E-state index in [1.165, 1.54) is 11.1 Å². The molecule has 1 aliphatic heterocycles. The average Bonchev–Trinajstić information content (AvgIpc) is 2.20. The van der Waals surface area contributed by atoms with Gasteiger partial charge in [-0.2, -0.15) is 0 Å². The maximum Gasteiger partial charge on any atom is 0.251 e. The smallest absolute Gasteiger partial charge is 0.251 e. The number of carbonyl (C=O) groups is 1. The molecule has 3 nitrogen and oxygen atoms in total. The van der Waals surface area contributed by atoms with E-state index in [0.29, 0.717) is 0 Å². The Morgan fingerprint density at radius 1 is 1.33 bits per heavy atom. The summed E-state index contributed by atoms with van der Waals surface area (Å²) in [5, 5.41) is 6.13. The van der Waals surface area contributed by atoms with E-state index in [4.69, 9.17) is 0 Å². The molecule has 0 unspecified atom stereocenters. The zero-order valence-electron chi connectivity index (χ0n) is 10.9. The molecule has 0 bridgehead atoms. The number of anilines is 1. The zero-order valence-corrected chi connectivity index (χ0v) is 12.4. The van der Waals surface area contributed by atoms with Crippen molar-refractivity contribution in [1.29, 1.82) is 0 Å². The van der Waals surface area contributed by atoms with Crippen molar-refractivity contribution in [3.63, 3.8) is 0 Å². The lowest BCUT2D eigenvalue weighted by atomic mass is 10.0. The maximum absolute atomic E-state index is 12.1. The highest BCUT2D eigenvalue weighted by atomic mass is 79.9. The molecule has 1 amide bonds. The number of carbonyl (C=O) groups excluding carboxylic acids is 1. The van der Waals surface area contributed by atoms with Crippen molar-refractivity contribution >= 4 is 27.5 Å². The quantitative estimate of drug-likeness (QED) is 0.825. The normalized spacial score (nSPS) is 14.1. The number of rotatable bonds is 2. The van der Waals surface area contributed by atoms with Gasteiger partial charge in [-0.3, -0.25) is 4.79 Å². The van der Waals surface area contributed by atoms with Crippen LogP contribution in [0.2, 0.25) is 0 Å². The van der Waals surface area contributed by atoms with Gasteiger partial charge in [0.1, 0.15) is 0 Å². The third-order valence-electron chi connectivity index (χ3n) is 3.22. The topological polar surface area (TPSA) is 41.1 Å². The van der Waals surface area contributed by atoms with E-state index in [1.54, 1.807) is 0 Å². The van der Waals surface area contributed by atoms with Gasteiger partial charge in [0, 0.05) is 23.1 Å². The van der Waals surface area contributed by atoms with E-state index in [9.17, 15) is 4.79 Å². The average molecular weight is 309 g/mol. The minimum Gasteiger partial charge on any atom is -0.321 e. The predicted octanol–water partition coefficient (Wildman–Crippen LogP) is 2.92. The second-order valence-corrected chi connectivity index (χ2v) is 5.58. The Bertz CT molecular complexity index is 506. The van der Waals surface area contributed by atoms with Crippen molar-refractivity contribution in [1.82, 2.24) is 5.32 Å². The van der Waals surface area contributed by atoms with E-state index >= 15 is 0 Å². The van der Waals surface area contributed by atoms with E-state index in [2.05, 4.69) is 32.6 Å². The summed E-state index contributed by atoms with van der Waals surface area (Å²) in [5.41, 5.74) is 5.11. The van der Waals surface area contributed by atoms with Crippen LogP contribution in [0.3, 0.4) is 0 Å². The van der Waals surface area contributed by atoms with Crippen LogP contribution in [-0.4, -0.2) is 19.0 Å². The molecule has 1 aliphatic rings. The summed E-state index contributed by atoms with van der Waals surface area (Å²) in [6.07, 6.45) is 0. The number of aryl methyl sites for hydroxylation is 2. The molecule has 4 heteroatoms. The summed E-state index contributed by atoms with van der Waals surface area (Å²) in [4.78, 5) is 12.1. The van der Waals surface area contributed by atoms with Gasteiger partial charge in [-0.1, -0.05) is 6.07 Å². The Labute approximate surface area is 116 Å². The van der Waals surface area contributed by atoms with Gasteiger partial charge in [0.25, 0.3) is 5.91 Å². The summed E-state index contributed by atoms with van der Waals surface area (Å²) in [7, 11) is 0. The fourth-order valence-corrected chi connectivity index (χ4v) is 2.73. The third-order valence-corrected chi connectivity index (χ3v) is 3.84. The van der Waals surface area contributed by atoms with Crippen molar-refractivity contribution in [3.05, 3.63) is 38.9 Å². The van der Waals surface area contributed by atoms with Crippen molar-refractivity contribution in [2.24, 2.45) is 0 Å². The molecule has 1 aromatic carbocycles. The van der Waals surface area contributed by atoms with Crippen LogP contribution in [0.25, 0.3) is 0 Å². The number of nitrogens with one attached hydrogen (secondary N) is 2. The lowest BCUT2D eigenvalue weighted by Crippen LogP contribution is -2.36. The second kappa shape index (κ2) is 5.24. The Morgan fingerprint density at radius 3 is 2.50 bits per heavy atom. The highest BCUT2D eigenvalue weighted by molar-refractivity contribution is 9.10. The van der Waals surface area contributed by atoms with Crippen LogP contribution in [0.15, 0.2) is 27.8 Å². The summed E-state index contributed by atoms with van der Waals surface area (Å²) in [6, 6.07) is 4.07. The van der Waals surface area contributed by atoms with Crippen molar-refractivity contribution in [2.75, 3.05) is 18.4 Å². The summed E-state index contributed by atoms with van der Waals surface area (Å²) in [5.74, 6) is -0.0147. The summed E-state index contributed by atoms with van der Waals surface area (Å²) < 4.78 is 0.929. The number of halogens is 1. The molecule has 18 heavy (non-hydrogen) atoms. The van der Waals surface area contributed by atoms with Crippen LogP contribution in [0.1, 0.15) is 18.1 Å². The summed E-state index contributed by atoms with van der Waals surface area (Å²) in [6.45, 7) is 7.57. The molecule has 2 rings (SSSR count). The fourth-order valence-electron chi connectivity index (χ4n) is 1.96. The molecule has 2 N–H and O–H groups in total. The number of amides is 1. The first-order valence-electron chi connectivity index (χ1n) is 5.96. The minimum atomic E-state index is -0.0147. The van der Waals surface area contributed by atoms with Crippen LogP contribution >= 0.6 is 15.9 Å². The molecule has 0 saturated carbocycles. The Kier molecular flexibility index (Phi) is 3.88. The van der Waals surface area contributed by atoms with Crippen LogP contribution in [0.4, 0.5) is 5.69 Å². The molecule has 0 spiro atoms. The van der Waals surface area contributed by atoms with Gasteiger partial charge in [0.05, 0.1) is 5.69 Å². The predicted molar refractivity (Wildman–Crippen MR) is 77.8 cm³/mol. The molecule has 1 aromatic rings. The first-order valence-corrected chi connectivity index (χ1v) is 6.76. The largest absolute Gasteiger partial charge is 0.321 e. The van der Waals surface area contributed by atoms with E-state index in [0.717, 1.165) is 34.4 Å². The molecule has 96 valence electrons. The molecule has 1 fully saturated rings. The van der Waals surface area contributed by atoms with Gasteiger partial charge < -0.3 is 10.6 Å². The fraction of sp³-hybridized carbons (Fsp3) is 0.357. The number of benzene rings is 1. The van der Waals surface area contributed by atoms with Crippen LogP contribution in [-0.2, 0) is 4.79 Å². The first-order chi connectivity index (χ1) is 8.49. The van der Waals surface area contributed by atoms with Crippen molar-refractivity contribution < 1.29 is 4.79 Å². The molecule has 1 saturated heterocycles. The van der Waals surface area contributed by atoms with Gasteiger partial charge in [0.15, 0.2) is 0 Å².